The van der Waals surface area contributed by atoms with Gasteiger partial charge in [-0.15, -0.1) is 0 Å². The second-order valence-corrected chi connectivity index (χ2v) is 7.45. The van der Waals surface area contributed by atoms with Gasteiger partial charge in [-0.05, 0) is 30.5 Å². The van der Waals surface area contributed by atoms with Gasteiger partial charge in [0.2, 0.25) is 10.0 Å². The first-order valence-electron chi connectivity index (χ1n) is 7.32. The Bertz CT molecular complexity index is 566. The zero-order chi connectivity index (χ0) is 15.3. The number of ether oxygens (including phenoxy) is 1. The normalized spacial score (nSPS) is 17.0. The van der Waals surface area contributed by atoms with Crippen LogP contribution in [0.1, 0.15) is 16.7 Å². The molecule has 0 amide bonds. The van der Waals surface area contributed by atoms with E-state index < -0.39 is 10.0 Å². The Kier molecular flexibility index (Phi) is 5.75. The van der Waals surface area contributed by atoms with E-state index in [1.165, 1.54) is 21.0 Å². The zero-order valence-electron chi connectivity index (χ0n) is 12.8. The highest BCUT2D eigenvalue weighted by Crippen LogP contribution is 2.12. The summed E-state index contributed by atoms with van der Waals surface area (Å²) in [6.07, 6.45) is 0. The van der Waals surface area contributed by atoms with Gasteiger partial charge in [-0.2, -0.15) is 4.31 Å². The van der Waals surface area contributed by atoms with Crippen molar-refractivity contribution in [2.45, 2.75) is 20.4 Å². The first-order valence-corrected chi connectivity index (χ1v) is 8.93. The van der Waals surface area contributed by atoms with Crippen LogP contribution >= 0.6 is 0 Å². The van der Waals surface area contributed by atoms with Crippen molar-refractivity contribution < 1.29 is 13.2 Å². The average Bonchev–Trinajstić information content (AvgIpc) is 2.48. The predicted molar refractivity (Wildman–Crippen MR) is 83.8 cm³/mol. The molecule has 2 rings (SSSR count). The highest BCUT2D eigenvalue weighted by molar-refractivity contribution is 7.89. The number of morpholine rings is 1. The molecule has 118 valence electrons. The van der Waals surface area contributed by atoms with E-state index in [1.54, 1.807) is 0 Å². The smallest absolute Gasteiger partial charge is 0.215 e. The summed E-state index contributed by atoms with van der Waals surface area (Å²) < 4.78 is 31.0. The van der Waals surface area contributed by atoms with Crippen LogP contribution in [0.4, 0.5) is 0 Å². The number of hydrogen-bond acceptors (Lipinski definition) is 4. The monoisotopic (exact) mass is 312 g/mol. The SMILES string of the molecule is Cc1cccc(CNCCS(=O)(=O)N2CCOCC2)c1C. The molecule has 1 heterocycles. The molecule has 0 aliphatic carbocycles. The van der Waals surface area contributed by atoms with Gasteiger partial charge in [0, 0.05) is 26.2 Å². The van der Waals surface area contributed by atoms with E-state index in [0.29, 0.717) is 39.4 Å². The fourth-order valence-corrected chi connectivity index (χ4v) is 3.75. The Morgan fingerprint density at radius 3 is 2.67 bits per heavy atom. The van der Waals surface area contributed by atoms with E-state index in [0.717, 1.165) is 0 Å². The molecule has 1 aliphatic heterocycles. The van der Waals surface area contributed by atoms with Crippen molar-refractivity contribution >= 4 is 10.0 Å². The van der Waals surface area contributed by atoms with Crippen LogP contribution in [0, 0.1) is 13.8 Å². The molecule has 1 aliphatic rings. The van der Waals surface area contributed by atoms with Crippen molar-refractivity contribution in [3.05, 3.63) is 34.9 Å². The maximum Gasteiger partial charge on any atom is 0.215 e. The lowest BCUT2D eigenvalue weighted by Gasteiger charge is -2.26. The maximum atomic E-state index is 12.1. The summed E-state index contributed by atoms with van der Waals surface area (Å²) in [4.78, 5) is 0. The molecular weight excluding hydrogens is 288 g/mol. The van der Waals surface area contributed by atoms with Gasteiger partial charge in [0.25, 0.3) is 0 Å². The molecule has 1 fully saturated rings. The van der Waals surface area contributed by atoms with E-state index in [9.17, 15) is 8.42 Å². The zero-order valence-corrected chi connectivity index (χ0v) is 13.6. The number of nitrogens with one attached hydrogen (secondary N) is 1. The fraction of sp³-hybridized carbons (Fsp3) is 0.600. The van der Waals surface area contributed by atoms with Gasteiger partial charge in [0.05, 0.1) is 19.0 Å². The van der Waals surface area contributed by atoms with Crippen molar-refractivity contribution in [3.8, 4) is 0 Å². The minimum absolute atomic E-state index is 0.137. The topological polar surface area (TPSA) is 58.6 Å². The Morgan fingerprint density at radius 1 is 1.24 bits per heavy atom. The highest BCUT2D eigenvalue weighted by Gasteiger charge is 2.23. The predicted octanol–water partition coefficient (Wildman–Crippen LogP) is 1.06. The lowest BCUT2D eigenvalue weighted by atomic mass is 10.0. The summed E-state index contributed by atoms with van der Waals surface area (Å²) in [7, 11) is -3.17. The van der Waals surface area contributed by atoms with E-state index in [1.807, 2.05) is 6.07 Å². The summed E-state index contributed by atoms with van der Waals surface area (Å²) in [5, 5.41) is 3.23. The van der Waals surface area contributed by atoms with Crippen molar-refractivity contribution in [3.63, 3.8) is 0 Å². The van der Waals surface area contributed by atoms with Crippen LogP contribution in [-0.4, -0.2) is 51.3 Å². The van der Waals surface area contributed by atoms with Crippen LogP contribution in [0.5, 0.6) is 0 Å². The molecular formula is C15H24N2O3S. The van der Waals surface area contributed by atoms with Gasteiger partial charge in [-0.3, -0.25) is 0 Å². The third-order valence-electron chi connectivity index (χ3n) is 3.93. The Morgan fingerprint density at radius 2 is 1.95 bits per heavy atom. The summed E-state index contributed by atoms with van der Waals surface area (Å²) >= 11 is 0. The van der Waals surface area contributed by atoms with Crippen LogP contribution in [0.25, 0.3) is 0 Å². The lowest BCUT2D eigenvalue weighted by molar-refractivity contribution is 0.0730. The van der Waals surface area contributed by atoms with Gasteiger partial charge >= 0.3 is 0 Å². The summed E-state index contributed by atoms with van der Waals surface area (Å²) in [5.74, 6) is 0.137. The Hall–Kier alpha value is -0.950. The number of hydrogen-bond donors (Lipinski definition) is 1. The van der Waals surface area contributed by atoms with Crippen molar-refractivity contribution in [2.24, 2.45) is 0 Å². The molecule has 0 bridgehead atoms. The van der Waals surface area contributed by atoms with Gasteiger partial charge < -0.3 is 10.1 Å². The second-order valence-electron chi connectivity index (χ2n) is 5.36. The molecule has 1 N–H and O–H groups in total. The van der Waals surface area contributed by atoms with Crippen LogP contribution in [0.15, 0.2) is 18.2 Å². The number of benzene rings is 1. The van der Waals surface area contributed by atoms with Gasteiger partial charge in [-0.25, -0.2) is 8.42 Å². The fourth-order valence-electron chi connectivity index (χ4n) is 2.38. The molecule has 1 aromatic rings. The minimum Gasteiger partial charge on any atom is -0.379 e. The van der Waals surface area contributed by atoms with E-state index in [-0.39, 0.29) is 5.75 Å². The molecule has 5 nitrogen and oxygen atoms in total. The largest absolute Gasteiger partial charge is 0.379 e. The first-order chi connectivity index (χ1) is 10.0. The lowest BCUT2D eigenvalue weighted by Crippen LogP contribution is -2.43. The van der Waals surface area contributed by atoms with E-state index in [2.05, 4.69) is 31.3 Å². The Balaban J connectivity index is 1.80. The van der Waals surface area contributed by atoms with Gasteiger partial charge in [-0.1, -0.05) is 18.2 Å². The summed E-state index contributed by atoms with van der Waals surface area (Å²) in [6, 6.07) is 6.19. The average molecular weight is 312 g/mol. The Labute approximate surface area is 127 Å². The third-order valence-corrected chi connectivity index (χ3v) is 5.80. The van der Waals surface area contributed by atoms with Crippen molar-refractivity contribution in [2.75, 3.05) is 38.6 Å². The number of nitrogens with zero attached hydrogens (tertiary/aromatic N) is 1. The molecule has 0 unspecified atom stereocenters. The van der Waals surface area contributed by atoms with Crippen LogP contribution in [0.3, 0.4) is 0 Å². The standard InChI is InChI=1S/C15H24N2O3S/c1-13-4-3-5-15(14(13)2)12-16-6-11-21(18,19)17-7-9-20-10-8-17/h3-5,16H,6-12H2,1-2H3. The highest BCUT2D eigenvalue weighted by atomic mass is 32.2. The quantitative estimate of drug-likeness (QED) is 0.798. The van der Waals surface area contributed by atoms with E-state index >= 15 is 0 Å². The minimum atomic E-state index is -3.17. The molecule has 0 atom stereocenters. The molecule has 1 saturated heterocycles. The maximum absolute atomic E-state index is 12.1. The molecule has 6 heteroatoms. The van der Waals surface area contributed by atoms with Gasteiger partial charge in [0.15, 0.2) is 0 Å². The van der Waals surface area contributed by atoms with Crippen LogP contribution < -0.4 is 5.32 Å². The van der Waals surface area contributed by atoms with Crippen LogP contribution in [-0.2, 0) is 21.3 Å². The van der Waals surface area contributed by atoms with Crippen molar-refractivity contribution in [1.29, 1.82) is 0 Å². The van der Waals surface area contributed by atoms with Gasteiger partial charge in [0.1, 0.15) is 0 Å². The van der Waals surface area contributed by atoms with Crippen molar-refractivity contribution in [1.82, 2.24) is 9.62 Å². The summed E-state index contributed by atoms with van der Waals surface area (Å²) in [5.41, 5.74) is 3.75. The molecule has 0 saturated carbocycles. The molecule has 1 aromatic carbocycles. The van der Waals surface area contributed by atoms with E-state index in [4.69, 9.17) is 4.74 Å². The first kappa shape index (κ1) is 16.4. The number of aryl methyl sites for hydroxylation is 1. The molecule has 21 heavy (non-hydrogen) atoms. The molecule has 0 spiro atoms. The van der Waals surface area contributed by atoms with Crippen LogP contribution in [0.2, 0.25) is 0 Å². The summed E-state index contributed by atoms with van der Waals surface area (Å²) in [6.45, 7) is 7.28. The second kappa shape index (κ2) is 7.35. The number of sulfonamides is 1. The molecule has 0 aromatic heterocycles. The third kappa shape index (κ3) is 4.51. The number of rotatable bonds is 6. The molecule has 0 radical (unpaired) electrons.